The molecule has 0 aliphatic rings. The Labute approximate surface area is 91.9 Å². The second-order valence-electron chi connectivity index (χ2n) is 3.45. The van der Waals surface area contributed by atoms with Crippen LogP contribution < -0.4 is 5.32 Å². The van der Waals surface area contributed by atoms with Crippen molar-refractivity contribution in [3.8, 4) is 0 Å². The summed E-state index contributed by atoms with van der Waals surface area (Å²) in [5, 5.41) is 3.46. The number of hydrogen-bond donors (Lipinski definition) is 1. The average Bonchev–Trinajstić information content (AvgIpc) is 2.30. The van der Waals surface area contributed by atoms with Crippen molar-refractivity contribution in [2.75, 3.05) is 19.8 Å². The van der Waals surface area contributed by atoms with Gasteiger partial charge in [-0.1, -0.05) is 13.0 Å². The number of nitrogens with one attached hydrogen (secondary N) is 1. The first-order valence-electron chi connectivity index (χ1n) is 5.59. The summed E-state index contributed by atoms with van der Waals surface area (Å²) in [6.45, 7) is 6.65. The van der Waals surface area contributed by atoms with Crippen LogP contribution in [0.2, 0.25) is 0 Å². The molecule has 15 heavy (non-hydrogen) atoms. The zero-order chi connectivity index (χ0) is 10.9. The van der Waals surface area contributed by atoms with Crippen molar-refractivity contribution in [2.45, 2.75) is 26.3 Å². The number of ether oxygens (including phenoxy) is 1. The molecular weight excluding hydrogens is 188 g/mol. The van der Waals surface area contributed by atoms with E-state index in [1.165, 1.54) is 5.56 Å². The van der Waals surface area contributed by atoms with E-state index in [1.807, 2.05) is 19.2 Å². The summed E-state index contributed by atoms with van der Waals surface area (Å²) < 4.78 is 5.46. The van der Waals surface area contributed by atoms with Crippen LogP contribution in [0.25, 0.3) is 0 Å². The van der Waals surface area contributed by atoms with Gasteiger partial charge in [0.2, 0.25) is 0 Å². The Kier molecular flexibility index (Phi) is 5.97. The van der Waals surface area contributed by atoms with Crippen molar-refractivity contribution >= 4 is 0 Å². The van der Waals surface area contributed by atoms with E-state index in [9.17, 15) is 0 Å². The van der Waals surface area contributed by atoms with Gasteiger partial charge in [0.25, 0.3) is 0 Å². The maximum atomic E-state index is 5.46. The summed E-state index contributed by atoms with van der Waals surface area (Å²) >= 11 is 0. The van der Waals surface area contributed by atoms with Crippen LogP contribution in [-0.2, 0) is 4.74 Å². The van der Waals surface area contributed by atoms with E-state index in [0.717, 1.165) is 19.6 Å². The van der Waals surface area contributed by atoms with Gasteiger partial charge in [0.15, 0.2) is 0 Å². The Balaban J connectivity index is 2.55. The summed E-state index contributed by atoms with van der Waals surface area (Å²) in [5.41, 5.74) is 1.19. The molecule has 1 atom stereocenters. The fourth-order valence-corrected chi connectivity index (χ4v) is 1.41. The minimum atomic E-state index is 0.263. The number of pyridine rings is 1. The van der Waals surface area contributed by atoms with Gasteiger partial charge in [-0.3, -0.25) is 4.98 Å². The van der Waals surface area contributed by atoms with Gasteiger partial charge >= 0.3 is 0 Å². The molecule has 0 aromatic carbocycles. The smallest absolute Gasteiger partial charge is 0.0661 e. The van der Waals surface area contributed by atoms with Crippen molar-refractivity contribution in [1.29, 1.82) is 0 Å². The quantitative estimate of drug-likeness (QED) is 0.745. The third kappa shape index (κ3) is 4.40. The Bertz CT molecular complexity index is 243. The molecule has 3 nitrogen and oxygen atoms in total. The first-order valence-corrected chi connectivity index (χ1v) is 5.59. The summed E-state index contributed by atoms with van der Waals surface area (Å²) in [5.74, 6) is 0. The number of nitrogens with zero attached hydrogens (tertiary/aromatic N) is 1. The van der Waals surface area contributed by atoms with Gasteiger partial charge in [0.1, 0.15) is 0 Å². The summed E-state index contributed by atoms with van der Waals surface area (Å²) in [6, 6.07) is 4.31. The molecule has 0 saturated heterocycles. The maximum Gasteiger partial charge on any atom is 0.0661 e. The highest BCUT2D eigenvalue weighted by Gasteiger charge is 2.09. The average molecular weight is 208 g/mol. The van der Waals surface area contributed by atoms with Gasteiger partial charge in [-0.25, -0.2) is 0 Å². The Morgan fingerprint density at radius 3 is 2.93 bits per heavy atom. The molecule has 1 rings (SSSR count). The third-order valence-corrected chi connectivity index (χ3v) is 2.22. The molecule has 1 heterocycles. The third-order valence-electron chi connectivity index (χ3n) is 2.22. The first-order chi connectivity index (χ1) is 7.38. The van der Waals surface area contributed by atoms with E-state index in [-0.39, 0.29) is 6.04 Å². The monoisotopic (exact) mass is 208 g/mol. The summed E-state index contributed by atoms with van der Waals surface area (Å²) in [4.78, 5) is 4.13. The minimum Gasteiger partial charge on any atom is -0.380 e. The van der Waals surface area contributed by atoms with Crippen molar-refractivity contribution in [3.05, 3.63) is 30.1 Å². The zero-order valence-corrected chi connectivity index (χ0v) is 9.57. The van der Waals surface area contributed by atoms with Crippen LogP contribution in [0.5, 0.6) is 0 Å². The predicted molar refractivity (Wildman–Crippen MR) is 61.8 cm³/mol. The Hall–Kier alpha value is -0.930. The van der Waals surface area contributed by atoms with Crippen LogP contribution >= 0.6 is 0 Å². The van der Waals surface area contributed by atoms with Crippen LogP contribution in [0.15, 0.2) is 24.5 Å². The lowest BCUT2D eigenvalue weighted by Crippen LogP contribution is -2.26. The molecule has 0 amide bonds. The lowest BCUT2D eigenvalue weighted by atomic mass is 10.1. The minimum absolute atomic E-state index is 0.263. The van der Waals surface area contributed by atoms with E-state index < -0.39 is 0 Å². The fraction of sp³-hybridized carbons (Fsp3) is 0.583. The van der Waals surface area contributed by atoms with Gasteiger partial charge in [-0.2, -0.15) is 0 Å². The maximum absolute atomic E-state index is 5.46. The standard InChI is InChI=1S/C12H20N2O/c1-3-7-14-12(10-15-4-2)11-6-5-8-13-9-11/h5-6,8-9,12,14H,3-4,7,10H2,1-2H3. The Morgan fingerprint density at radius 1 is 1.47 bits per heavy atom. The highest BCUT2D eigenvalue weighted by molar-refractivity contribution is 5.13. The highest BCUT2D eigenvalue weighted by atomic mass is 16.5. The second-order valence-corrected chi connectivity index (χ2v) is 3.45. The lowest BCUT2D eigenvalue weighted by Gasteiger charge is -2.18. The van der Waals surface area contributed by atoms with Crippen LogP contribution in [0.3, 0.4) is 0 Å². The van der Waals surface area contributed by atoms with Crippen LogP contribution in [0, 0.1) is 0 Å². The molecule has 3 heteroatoms. The van der Waals surface area contributed by atoms with E-state index in [4.69, 9.17) is 4.74 Å². The van der Waals surface area contributed by atoms with Crippen LogP contribution in [-0.4, -0.2) is 24.7 Å². The van der Waals surface area contributed by atoms with Crippen molar-refractivity contribution in [3.63, 3.8) is 0 Å². The van der Waals surface area contributed by atoms with Crippen molar-refractivity contribution in [1.82, 2.24) is 10.3 Å². The van der Waals surface area contributed by atoms with Gasteiger partial charge in [0.05, 0.1) is 12.6 Å². The van der Waals surface area contributed by atoms with E-state index in [0.29, 0.717) is 6.61 Å². The van der Waals surface area contributed by atoms with Crippen molar-refractivity contribution < 1.29 is 4.74 Å². The first kappa shape index (κ1) is 12.1. The molecule has 0 bridgehead atoms. The molecular formula is C12H20N2O. The molecule has 0 radical (unpaired) electrons. The number of hydrogen-bond acceptors (Lipinski definition) is 3. The zero-order valence-electron chi connectivity index (χ0n) is 9.57. The molecule has 0 saturated carbocycles. The van der Waals surface area contributed by atoms with Crippen molar-refractivity contribution in [2.24, 2.45) is 0 Å². The lowest BCUT2D eigenvalue weighted by molar-refractivity contribution is 0.123. The van der Waals surface area contributed by atoms with Gasteiger partial charge in [0, 0.05) is 19.0 Å². The molecule has 0 spiro atoms. The van der Waals surface area contributed by atoms with Gasteiger partial charge < -0.3 is 10.1 Å². The molecule has 0 aliphatic carbocycles. The van der Waals surface area contributed by atoms with E-state index in [2.05, 4.69) is 23.3 Å². The van der Waals surface area contributed by atoms with Crippen LogP contribution in [0.4, 0.5) is 0 Å². The van der Waals surface area contributed by atoms with Gasteiger partial charge in [-0.15, -0.1) is 0 Å². The van der Waals surface area contributed by atoms with Gasteiger partial charge in [-0.05, 0) is 31.5 Å². The molecule has 84 valence electrons. The highest BCUT2D eigenvalue weighted by Crippen LogP contribution is 2.11. The number of aromatic nitrogens is 1. The fourth-order valence-electron chi connectivity index (χ4n) is 1.41. The normalized spacial score (nSPS) is 12.7. The molecule has 0 fully saturated rings. The largest absolute Gasteiger partial charge is 0.380 e. The van der Waals surface area contributed by atoms with E-state index >= 15 is 0 Å². The molecule has 1 N–H and O–H groups in total. The molecule has 1 aromatic heterocycles. The van der Waals surface area contributed by atoms with Crippen LogP contribution in [0.1, 0.15) is 31.9 Å². The number of rotatable bonds is 7. The molecule has 0 aliphatic heterocycles. The second kappa shape index (κ2) is 7.37. The van der Waals surface area contributed by atoms with E-state index in [1.54, 1.807) is 6.20 Å². The SMILES string of the molecule is CCCNC(COCC)c1cccnc1. The molecule has 1 aromatic rings. The summed E-state index contributed by atoms with van der Waals surface area (Å²) in [7, 11) is 0. The Morgan fingerprint density at radius 2 is 2.33 bits per heavy atom. The molecule has 1 unspecified atom stereocenters. The topological polar surface area (TPSA) is 34.1 Å². The summed E-state index contributed by atoms with van der Waals surface area (Å²) in [6.07, 6.45) is 4.82. The predicted octanol–water partition coefficient (Wildman–Crippen LogP) is 2.16.